The van der Waals surface area contributed by atoms with E-state index < -0.39 is 0 Å². The van der Waals surface area contributed by atoms with Crippen LogP contribution in [0.15, 0.2) is 66.9 Å². The number of methoxy groups -OCH3 is 1. The van der Waals surface area contributed by atoms with Crippen LogP contribution in [0.25, 0.3) is 17.0 Å². The first-order valence-corrected chi connectivity index (χ1v) is 13.4. The van der Waals surface area contributed by atoms with E-state index in [1.165, 1.54) is 22.5 Å². The molecule has 0 radical (unpaired) electrons. The van der Waals surface area contributed by atoms with E-state index >= 15 is 0 Å². The second kappa shape index (κ2) is 14.7. The second-order valence-corrected chi connectivity index (χ2v) is 9.68. The molecule has 1 saturated heterocycles. The Morgan fingerprint density at radius 3 is 2.82 bits per heavy atom. The number of carbonyl (C=O) groups excluding carboxylic acids is 1. The lowest BCUT2D eigenvalue weighted by atomic mass is 9.89. The average molecular weight is 538 g/mol. The smallest absolute Gasteiger partial charge is 0.244 e. The molecular weight excluding hydrogens is 502 g/mol. The van der Waals surface area contributed by atoms with Crippen molar-refractivity contribution in [3.05, 3.63) is 83.0 Å². The van der Waals surface area contributed by atoms with Gasteiger partial charge in [0, 0.05) is 43.4 Å². The van der Waals surface area contributed by atoms with Gasteiger partial charge in [0.15, 0.2) is 6.79 Å². The number of hydrogen-bond acceptors (Lipinski definition) is 5. The number of nitrogens with one attached hydrogen (secondary N) is 2. The molecule has 2 N–H and O–H groups in total. The lowest BCUT2D eigenvalue weighted by Crippen LogP contribution is -2.38. The lowest BCUT2D eigenvalue weighted by molar-refractivity contribution is -0.116. The first-order valence-electron chi connectivity index (χ1n) is 13.0. The summed E-state index contributed by atoms with van der Waals surface area (Å²) in [6.45, 7) is 4.67. The maximum absolute atomic E-state index is 12.2. The Hall–Kier alpha value is -3.10. The summed E-state index contributed by atoms with van der Waals surface area (Å²) in [6, 6.07) is 14.0. The monoisotopic (exact) mass is 537 g/mol. The summed E-state index contributed by atoms with van der Waals surface area (Å²) in [5.41, 5.74) is 3.55. The van der Waals surface area contributed by atoms with Gasteiger partial charge in [0.1, 0.15) is 5.75 Å². The number of halogens is 1. The summed E-state index contributed by atoms with van der Waals surface area (Å²) in [4.78, 5) is 18.0. The summed E-state index contributed by atoms with van der Waals surface area (Å²) < 4.78 is 15.7. The number of rotatable bonds is 13. The zero-order chi connectivity index (χ0) is 26.6. The number of nitrogens with zero attached hydrogens (tertiary/aromatic N) is 1. The molecule has 2 heterocycles. The Morgan fingerprint density at radius 2 is 2.00 bits per heavy atom. The van der Waals surface area contributed by atoms with Gasteiger partial charge in [-0.2, -0.15) is 0 Å². The molecule has 0 atom stereocenters. The van der Waals surface area contributed by atoms with E-state index in [1.54, 1.807) is 25.3 Å². The van der Waals surface area contributed by atoms with Crippen LogP contribution < -0.4 is 10.1 Å². The third-order valence-corrected chi connectivity index (χ3v) is 7.00. The topological polar surface area (TPSA) is 75.8 Å². The van der Waals surface area contributed by atoms with Gasteiger partial charge in [-0.15, -0.1) is 0 Å². The fraction of sp³-hybridized carbons (Fsp3) is 0.367. The summed E-state index contributed by atoms with van der Waals surface area (Å²) in [5, 5.41) is 4.81. The van der Waals surface area contributed by atoms with Gasteiger partial charge in [-0.05, 0) is 61.2 Å². The van der Waals surface area contributed by atoms with Gasteiger partial charge in [0.05, 0.1) is 18.2 Å². The molecule has 4 rings (SSSR count). The van der Waals surface area contributed by atoms with Crippen molar-refractivity contribution in [2.24, 2.45) is 0 Å². The zero-order valence-corrected chi connectivity index (χ0v) is 22.6. The molecule has 1 fully saturated rings. The van der Waals surface area contributed by atoms with Crippen molar-refractivity contribution in [3.8, 4) is 5.75 Å². The number of likely N-dealkylation sites (tertiary alicyclic amines) is 1. The molecule has 202 valence electrons. The maximum Gasteiger partial charge on any atom is 0.244 e. The SMILES string of the molecule is COCCOCOc1ccc(C=CC=CC(=O)NCCN2CCC(c3c[nH]c4ccccc34)CC2)cc1Cl. The quantitative estimate of drug-likeness (QED) is 0.132. The number of carbonyl (C=O) groups is 1. The predicted molar refractivity (Wildman–Crippen MR) is 153 cm³/mol. The number of fused-ring (bicyclic) bond motifs is 1. The fourth-order valence-corrected chi connectivity index (χ4v) is 4.89. The van der Waals surface area contributed by atoms with Crippen LogP contribution >= 0.6 is 11.6 Å². The maximum atomic E-state index is 12.2. The number of benzene rings is 2. The van der Waals surface area contributed by atoms with E-state index in [1.807, 2.05) is 18.2 Å². The van der Waals surface area contributed by atoms with Crippen molar-refractivity contribution < 1.29 is 19.0 Å². The number of H-pyrrole nitrogens is 1. The van der Waals surface area contributed by atoms with Crippen LogP contribution in [-0.4, -0.2) is 69.1 Å². The average Bonchev–Trinajstić information content (AvgIpc) is 3.37. The van der Waals surface area contributed by atoms with E-state index in [4.69, 9.17) is 25.8 Å². The molecule has 1 aromatic heterocycles. The highest BCUT2D eigenvalue weighted by Crippen LogP contribution is 2.33. The minimum Gasteiger partial charge on any atom is -0.466 e. The van der Waals surface area contributed by atoms with Crippen LogP contribution in [0.3, 0.4) is 0 Å². The number of aromatic amines is 1. The molecule has 8 heteroatoms. The Morgan fingerprint density at radius 1 is 1.16 bits per heavy atom. The summed E-state index contributed by atoms with van der Waals surface area (Å²) >= 11 is 6.28. The molecule has 0 saturated carbocycles. The number of amides is 1. The van der Waals surface area contributed by atoms with Gasteiger partial charge in [0.2, 0.25) is 5.91 Å². The highest BCUT2D eigenvalue weighted by Gasteiger charge is 2.22. The Balaban J connectivity index is 1.12. The van der Waals surface area contributed by atoms with Crippen LogP contribution in [0.5, 0.6) is 5.75 Å². The number of para-hydroxylation sites is 1. The third-order valence-electron chi connectivity index (χ3n) is 6.71. The first-order chi connectivity index (χ1) is 18.6. The van der Waals surface area contributed by atoms with Gasteiger partial charge in [-0.1, -0.05) is 54.1 Å². The van der Waals surface area contributed by atoms with Crippen molar-refractivity contribution >= 4 is 34.5 Å². The molecule has 0 spiro atoms. The number of piperidine rings is 1. The van der Waals surface area contributed by atoms with Crippen molar-refractivity contribution in [1.82, 2.24) is 15.2 Å². The van der Waals surface area contributed by atoms with Gasteiger partial charge in [-0.25, -0.2) is 0 Å². The highest BCUT2D eigenvalue weighted by atomic mass is 35.5. The summed E-state index contributed by atoms with van der Waals surface area (Å²) in [7, 11) is 1.62. The van der Waals surface area contributed by atoms with E-state index in [0.717, 1.165) is 38.0 Å². The van der Waals surface area contributed by atoms with Crippen LogP contribution in [0.2, 0.25) is 5.02 Å². The molecule has 0 unspecified atom stereocenters. The molecule has 1 amide bonds. The Kier molecular flexibility index (Phi) is 10.8. The van der Waals surface area contributed by atoms with Crippen LogP contribution in [0, 0.1) is 0 Å². The number of ether oxygens (including phenoxy) is 3. The molecule has 2 aromatic carbocycles. The third kappa shape index (κ3) is 8.20. The predicted octanol–water partition coefficient (Wildman–Crippen LogP) is 5.39. The van der Waals surface area contributed by atoms with Crippen molar-refractivity contribution in [3.63, 3.8) is 0 Å². The van der Waals surface area contributed by atoms with Crippen molar-refractivity contribution in [2.75, 3.05) is 53.3 Å². The molecule has 1 aliphatic rings. The second-order valence-electron chi connectivity index (χ2n) is 9.27. The number of hydrogen-bond donors (Lipinski definition) is 2. The highest BCUT2D eigenvalue weighted by molar-refractivity contribution is 6.32. The largest absolute Gasteiger partial charge is 0.466 e. The fourth-order valence-electron chi connectivity index (χ4n) is 4.65. The molecule has 0 aliphatic carbocycles. The minimum atomic E-state index is -0.0985. The molecule has 1 aliphatic heterocycles. The zero-order valence-electron chi connectivity index (χ0n) is 21.8. The summed E-state index contributed by atoms with van der Waals surface area (Å²) in [5.74, 6) is 1.04. The summed E-state index contributed by atoms with van der Waals surface area (Å²) in [6.07, 6.45) is 11.4. The van der Waals surface area contributed by atoms with E-state index in [0.29, 0.717) is 36.4 Å². The standard InChI is InChI=1S/C30H36ClN3O4/c1-36-18-19-37-22-38-29-11-10-23(20-27(29)31)6-2-5-9-30(35)32-14-17-34-15-12-24(13-16-34)26-21-33-28-8-4-3-7-25(26)28/h2-11,20-21,24,33H,12-19,22H2,1H3,(H,32,35). The number of allylic oxidation sites excluding steroid dienone is 2. The van der Waals surface area contributed by atoms with Crippen LogP contribution in [0.1, 0.15) is 29.9 Å². The van der Waals surface area contributed by atoms with Crippen LogP contribution in [-0.2, 0) is 14.3 Å². The first kappa shape index (κ1) is 27.9. The van der Waals surface area contributed by atoms with E-state index in [9.17, 15) is 4.79 Å². The Bertz CT molecular complexity index is 1230. The number of aromatic nitrogens is 1. The Labute approximate surface area is 229 Å². The van der Waals surface area contributed by atoms with Crippen molar-refractivity contribution in [1.29, 1.82) is 0 Å². The van der Waals surface area contributed by atoms with Gasteiger partial charge < -0.3 is 29.4 Å². The van der Waals surface area contributed by atoms with Gasteiger partial charge in [0.25, 0.3) is 0 Å². The molecule has 0 bridgehead atoms. The van der Waals surface area contributed by atoms with Gasteiger partial charge in [-0.3, -0.25) is 4.79 Å². The molecule has 38 heavy (non-hydrogen) atoms. The molecule has 7 nitrogen and oxygen atoms in total. The molecular formula is C30H36ClN3O4. The minimum absolute atomic E-state index is 0.0985. The van der Waals surface area contributed by atoms with Gasteiger partial charge >= 0.3 is 0 Å². The van der Waals surface area contributed by atoms with E-state index in [-0.39, 0.29) is 12.7 Å². The normalized spacial score (nSPS) is 15.1. The van der Waals surface area contributed by atoms with Crippen LogP contribution in [0.4, 0.5) is 0 Å². The van der Waals surface area contributed by atoms with E-state index in [2.05, 4.69) is 45.7 Å². The lowest BCUT2D eigenvalue weighted by Gasteiger charge is -2.31. The van der Waals surface area contributed by atoms with Crippen molar-refractivity contribution in [2.45, 2.75) is 18.8 Å². The molecule has 3 aromatic rings.